The third-order valence-corrected chi connectivity index (χ3v) is 6.45. The molecule has 1 saturated heterocycles. The Morgan fingerprint density at radius 2 is 1.86 bits per heavy atom. The number of rotatable bonds is 6. The van der Waals surface area contributed by atoms with Crippen LogP contribution in [0.25, 0.3) is 11.4 Å². The Bertz CT molecular complexity index is 1330. The van der Waals surface area contributed by atoms with Crippen molar-refractivity contribution in [1.29, 1.82) is 0 Å². The normalized spacial score (nSPS) is 20.8. The van der Waals surface area contributed by atoms with Gasteiger partial charge < -0.3 is 9.26 Å². The highest BCUT2D eigenvalue weighted by Gasteiger charge is 2.55. The summed E-state index contributed by atoms with van der Waals surface area (Å²) >= 11 is 0. The van der Waals surface area contributed by atoms with Gasteiger partial charge in [-0.25, -0.2) is 4.90 Å². The molecule has 3 aliphatic rings. The molecule has 2 aliphatic heterocycles. The average Bonchev–Trinajstić information content (AvgIpc) is 3.61. The largest absolute Gasteiger partial charge is 0.491 e. The zero-order valence-corrected chi connectivity index (χ0v) is 19.4. The number of nitrogens with zero attached hydrogens (tertiary/aromatic N) is 6. The molecule has 0 N–H and O–H groups in total. The number of carbonyl (C=O) groups is 2. The number of aromatic nitrogens is 2. The highest BCUT2D eigenvalue weighted by molar-refractivity contribution is 6.25. The van der Waals surface area contributed by atoms with Crippen molar-refractivity contribution in [2.75, 3.05) is 4.90 Å². The van der Waals surface area contributed by atoms with Gasteiger partial charge >= 0.3 is 0 Å². The lowest BCUT2D eigenvalue weighted by Crippen LogP contribution is -2.39. The van der Waals surface area contributed by atoms with Gasteiger partial charge in [0.1, 0.15) is 12.3 Å². The Morgan fingerprint density at radius 3 is 2.66 bits per heavy atom. The van der Waals surface area contributed by atoms with E-state index in [0.29, 0.717) is 11.5 Å². The molecule has 2 atom stereocenters. The number of imide groups is 1. The fraction of sp³-hybridized carbons (Fsp3) is 0.360. The van der Waals surface area contributed by atoms with Gasteiger partial charge in [0.2, 0.25) is 11.7 Å². The number of hydrogen-bond acceptors (Lipinski definition) is 9. The van der Waals surface area contributed by atoms with Gasteiger partial charge in [0.05, 0.1) is 11.8 Å². The van der Waals surface area contributed by atoms with E-state index in [-0.39, 0.29) is 30.4 Å². The van der Waals surface area contributed by atoms with Gasteiger partial charge in [-0.2, -0.15) is 10.1 Å². The number of carbonyl (C=O) groups excluding carboxylic acids is 2. The van der Waals surface area contributed by atoms with Crippen molar-refractivity contribution in [2.45, 2.75) is 57.8 Å². The molecule has 6 rings (SSSR count). The van der Waals surface area contributed by atoms with Crippen LogP contribution >= 0.6 is 0 Å². The number of benzene rings is 2. The van der Waals surface area contributed by atoms with E-state index in [0.717, 1.165) is 30.6 Å². The predicted molar refractivity (Wildman–Crippen MR) is 124 cm³/mol. The van der Waals surface area contributed by atoms with Crippen molar-refractivity contribution >= 4 is 17.5 Å². The van der Waals surface area contributed by atoms with Crippen LogP contribution in [0.4, 0.5) is 5.69 Å². The van der Waals surface area contributed by atoms with E-state index < -0.39 is 12.1 Å². The first-order valence-electron chi connectivity index (χ1n) is 11.7. The minimum Gasteiger partial charge on any atom is -0.491 e. The van der Waals surface area contributed by atoms with Gasteiger partial charge in [-0.1, -0.05) is 16.4 Å². The Balaban J connectivity index is 1.18. The zero-order chi connectivity index (χ0) is 24.1. The van der Waals surface area contributed by atoms with Gasteiger partial charge in [-0.15, -0.1) is 0 Å². The standard InChI is InChI=1S/C25H24N6O4/c1-14(2)34-19-10-7-16(8-11-19)23-26-20(35-28-23)13-30-22-21(27-29-30)24(32)31(25(22)33)18-9-6-15-4-3-5-17(15)12-18/h6-12,14,21-22H,3-5,13H2,1-2H3. The molecule has 0 saturated carbocycles. The van der Waals surface area contributed by atoms with Gasteiger partial charge in [-0.3, -0.25) is 14.6 Å². The average molecular weight is 473 g/mol. The summed E-state index contributed by atoms with van der Waals surface area (Å²) in [5.74, 6) is 0.742. The smallest absolute Gasteiger partial charge is 0.263 e. The van der Waals surface area contributed by atoms with Crippen molar-refractivity contribution in [3.8, 4) is 17.1 Å². The summed E-state index contributed by atoms with van der Waals surface area (Å²) in [6, 6.07) is 11.5. The van der Waals surface area contributed by atoms with Crippen LogP contribution in [0.15, 0.2) is 57.3 Å². The molecule has 1 fully saturated rings. The van der Waals surface area contributed by atoms with Crippen LogP contribution in [0.5, 0.6) is 5.75 Å². The SMILES string of the molecule is CC(C)Oc1ccc(-c2noc(CN3N=NC4C(=O)N(c5ccc6c(c5)CCC6)C(=O)C43)n2)cc1. The first-order chi connectivity index (χ1) is 17.0. The molecule has 0 spiro atoms. The highest BCUT2D eigenvalue weighted by atomic mass is 16.5. The van der Waals surface area contributed by atoms with E-state index in [2.05, 4.69) is 20.5 Å². The summed E-state index contributed by atoms with van der Waals surface area (Å²) < 4.78 is 11.1. The predicted octanol–water partition coefficient (Wildman–Crippen LogP) is 3.51. The third kappa shape index (κ3) is 3.74. The van der Waals surface area contributed by atoms with Crippen LogP contribution in [0, 0.1) is 0 Å². The van der Waals surface area contributed by atoms with E-state index in [1.807, 2.05) is 56.3 Å². The van der Waals surface area contributed by atoms with Crippen molar-refractivity contribution in [3.05, 3.63) is 59.5 Å². The molecule has 3 heterocycles. The summed E-state index contributed by atoms with van der Waals surface area (Å²) in [6.07, 6.45) is 3.17. The van der Waals surface area contributed by atoms with Gasteiger partial charge in [0.25, 0.3) is 11.8 Å². The molecular formula is C25H24N6O4. The number of anilines is 1. The number of fused-ring (bicyclic) bond motifs is 2. The Kier molecular flexibility index (Phi) is 5.09. The lowest BCUT2D eigenvalue weighted by Gasteiger charge is -2.19. The summed E-state index contributed by atoms with van der Waals surface area (Å²) in [4.78, 5) is 32.0. The van der Waals surface area contributed by atoms with Gasteiger partial charge in [-0.05, 0) is 80.6 Å². The third-order valence-electron chi connectivity index (χ3n) is 6.45. The molecule has 3 aromatic rings. The minimum atomic E-state index is -0.869. The van der Waals surface area contributed by atoms with Gasteiger partial charge in [0, 0.05) is 5.56 Å². The number of aryl methyl sites for hydroxylation is 2. The summed E-state index contributed by atoms with van der Waals surface area (Å²) in [5, 5.41) is 13.7. The van der Waals surface area contributed by atoms with Crippen molar-refractivity contribution in [2.24, 2.45) is 10.3 Å². The summed E-state index contributed by atoms with van der Waals surface area (Å²) in [5.41, 5.74) is 3.84. The van der Waals surface area contributed by atoms with Crippen LogP contribution in [0.1, 0.15) is 37.3 Å². The summed E-state index contributed by atoms with van der Waals surface area (Å²) in [6.45, 7) is 4.00. The molecule has 178 valence electrons. The number of amides is 2. The second kappa shape index (κ2) is 8.30. The van der Waals surface area contributed by atoms with E-state index in [9.17, 15) is 9.59 Å². The van der Waals surface area contributed by atoms with Crippen LogP contribution in [-0.2, 0) is 29.0 Å². The molecule has 2 unspecified atom stereocenters. The molecule has 0 radical (unpaired) electrons. The lowest BCUT2D eigenvalue weighted by atomic mass is 10.1. The van der Waals surface area contributed by atoms with Crippen LogP contribution < -0.4 is 9.64 Å². The monoisotopic (exact) mass is 472 g/mol. The van der Waals surface area contributed by atoms with Gasteiger partial charge in [0.15, 0.2) is 12.1 Å². The van der Waals surface area contributed by atoms with Crippen LogP contribution in [0.3, 0.4) is 0 Å². The number of hydrogen-bond donors (Lipinski definition) is 0. The molecule has 10 heteroatoms. The fourth-order valence-electron chi connectivity index (χ4n) is 4.84. The zero-order valence-electron chi connectivity index (χ0n) is 19.4. The first-order valence-corrected chi connectivity index (χ1v) is 11.7. The fourth-order valence-corrected chi connectivity index (χ4v) is 4.84. The van der Waals surface area contributed by atoms with Crippen LogP contribution in [0.2, 0.25) is 0 Å². The van der Waals surface area contributed by atoms with Crippen molar-refractivity contribution in [3.63, 3.8) is 0 Å². The van der Waals surface area contributed by atoms with Crippen LogP contribution in [-0.4, -0.2) is 45.2 Å². The maximum atomic E-state index is 13.3. The molecule has 2 amide bonds. The highest BCUT2D eigenvalue weighted by Crippen LogP contribution is 2.35. The minimum absolute atomic E-state index is 0.0727. The quantitative estimate of drug-likeness (QED) is 0.505. The molecule has 0 bridgehead atoms. The van der Waals surface area contributed by atoms with Crippen molar-refractivity contribution in [1.82, 2.24) is 15.1 Å². The van der Waals surface area contributed by atoms with E-state index in [4.69, 9.17) is 9.26 Å². The van der Waals surface area contributed by atoms with Crippen molar-refractivity contribution < 1.29 is 18.8 Å². The topological polar surface area (TPSA) is 113 Å². The molecule has 2 aromatic carbocycles. The van der Waals surface area contributed by atoms with E-state index >= 15 is 0 Å². The second-order valence-corrected chi connectivity index (χ2v) is 9.21. The first kappa shape index (κ1) is 21.5. The van der Waals surface area contributed by atoms with E-state index in [1.165, 1.54) is 21.0 Å². The number of ether oxygens (including phenoxy) is 1. The maximum absolute atomic E-state index is 13.3. The molecule has 10 nitrogen and oxygen atoms in total. The Morgan fingerprint density at radius 1 is 1.06 bits per heavy atom. The molecule has 35 heavy (non-hydrogen) atoms. The Hall–Kier alpha value is -4.08. The molecule has 1 aliphatic carbocycles. The van der Waals surface area contributed by atoms with E-state index in [1.54, 1.807) is 0 Å². The summed E-state index contributed by atoms with van der Waals surface area (Å²) in [7, 11) is 0. The maximum Gasteiger partial charge on any atom is 0.263 e. The molecule has 1 aromatic heterocycles. The Labute approximate surface area is 201 Å². The second-order valence-electron chi connectivity index (χ2n) is 9.21. The molecular weight excluding hydrogens is 448 g/mol. The lowest BCUT2D eigenvalue weighted by molar-refractivity contribution is -0.123.